The number of urea groups is 1. The maximum Gasteiger partial charge on any atom is 0.321 e. The number of carbonyl (C=O) groups is 2. The SMILES string of the molecule is C[C@H]([NH2+]CC(=O)NC(=O)NC1CCCC1)c1ccc(Cl)cc1Cl. The van der Waals surface area contributed by atoms with Crippen LogP contribution in [-0.4, -0.2) is 24.5 Å². The number of amides is 3. The summed E-state index contributed by atoms with van der Waals surface area (Å²) in [5.41, 5.74) is 0.902. The summed E-state index contributed by atoms with van der Waals surface area (Å²) in [5.74, 6) is -0.322. The zero-order valence-electron chi connectivity index (χ0n) is 13.1. The van der Waals surface area contributed by atoms with Gasteiger partial charge in [0, 0.05) is 16.6 Å². The van der Waals surface area contributed by atoms with E-state index >= 15 is 0 Å². The van der Waals surface area contributed by atoms with Crippen molar-refractivity contribution < 1.29 is 14.9 Å². The molecule has 1 aromatic carbocycles. The summed E-state index contributed by atoms with van der Waals surface area (Å²) in [5, 5.41) is 8.16. The van der Waals surface area contributed by atoms with Crippen molar-refractivity contribution in [3.05, 3.63) is 33.8 Å². The van der Waals surface area contributed by atoms with Crippen LogP contribution in [0.1, 0.15) is 44.2 Å². The number of rotatable bonds is 5. The van der Waals surface area contributed by atoms with Crippen LogP contribution >= 0.6 is 23.2 Å². The number of nitrogens with one attached hydrogen (secondary N) is 2. The van der Waals surface area contributed by atoms with Crippen LogP contribution in [0, 0.1) is 0 Å². The predicted octanol–water partition coefficient (Wildman–Crippen LogP) is 2.39. The van der Waals surface area contributed by atoms with E-state index in [1.165, 1.54) is 0 Å². The first kappa shape index (κ1) is 18.0. The van der Waals surface area contributed by atoms with Gasteiger partial charge in [-0.25, -0.2) is 4.79 Å². The van der Waals surface area contributed by atoms with Gasteiger partial charge in [-0.1, -0.05) is 42.1 Å². The molecule has 1 aliphatic carbocycles. The van der Waals surface area contributed by atoms with Gasteiger partial charge in [0.2, 0.25) is 0 Å². The van der Waals surface area contributed by atoms with Crippen molar-refractivity contribution in [2.75, 3.05) is 6.54 Å². The van der Waals surface area contributed by atoms with Crippen molar-refractivity contribution >= 4 is 35.1 Å². The molecule has 126 valence electrons. The van der Waals surface area contributed by atoms with Crippen LogP contribution < -0.4 is 16.0 Å². The van der Waals surface area contributed by atoms with E-state index in [9.17, 15) is 9.59 Å². The molecule has 3 amide bonds. The van der Waals surface area contributed by atoms with Crippen molar-refractivity contribution in [1.29, 1.82) is 0 Å². The van der Waals surface area contributed by atoms with E-state index in [0.29, 0.717) is 10.0 Å². The zero-order chi connectivity index (χ0) is 16.8. The maximum atomic E-state index is 11.8. The molecule has 0 radical (unpaired) electrons. The molecule has 1 atom stereocenters. The Balaban J connectivity index is 1.75. The number of nitrogens with two attached hydrogens (primary N) is 1. The highest BCUT2D eigenvalue weighted by Gasteiger charge is 2.19. The molecular formula is C16H22Cl2N3O2+. The lowest BCUT2D eigenvalue weighted by Crippen LogP contribution is -2.87. The molecule has 0 spiro atoms. The topological polar surface area (TPSA) is 74.8 Å². The normalized spacial score (nSPS) is 16.1. The van der Waals surface area contributed by atoms with Gasteiger partial charge in [0.15, 0.2) is 6.54 Å². The van der Waals surface area contributed by atoms with Crippen molar-refractivity contribution in [2.45, 2.75) is 44.7 Å². The minimum atomic E-state index is -0.410. The Morgan fingerprint density at radius 2 is 2.00 bits per heavy atom. The average Bonchev–Trinajstić information content (AvgIpc) is 2.97. The van der Waals surface area contributed by atoms with Crippen LogP contribution in [0.25, 0.3) is 0 Å². The second-order valence-electron chi connectivity index (χ2n) is 5.90. The first-order valence-corrected chi connectivity index (χ1v) is 8.60. The first-order chi connectivity index (χ1) is 11.0. The Morgan fingerprint density at radius 1 is 1.30 bits per heavy atom. The third-order valence-electron chi connectivity index (χ3n) is 4.05. The monoisotopic (exact) mass is 358 g/mol. The molecule has 1 fully saturated rings. The Bertz CT molecular complexity index is 574. The number of benzene rings is 1. The van der Waals surface area contributed by atoms with Crippen molar-refractivity contribution in [3.63, 3.8) is 0 Å². The summed E-state index contributed by atoms with van der Waals surface area (Å²) in [7, 11) is 0. The summed E-state index contributed by atoms with van der Waals surface area (Å²) in [6, 6.07) is 5.06. The Morgan fingerprint density at radius 3 is 2.65 bits per heavy atom. The number of imide groups is 1. The van der Waals surface area contributed by atoms with E-state index in [4.69, 9.17) is 23.2 Å². The fourth-order valence-corrected chi connectivity index (χ4v) is 3.33. The first-order valence-electron chi connectivity index (χ1n) is 7.84. The van der Waals surface area contributed by atoms with E-state index in [2.05, 4.69) is 10.6 Å². The summed E-state index contributed by atoms with van der Waals surface area (Å²) in [6.45, 7) is 2.10. The molecule has 5 nitrogen and oxygen atoms in total. The quantitative estimate of drug-likeness (QED) is 0.755. The van der Waals surface area contributed by atoms with Crippen LogP contribution in [-0.2, 0) is 4.79 Å². The molecule has 0 bridgehead atoms. The second kappa shape index (κ2) is 8.52. The molecule has 0 unspecified atom stereocenters. The van der Waals surface area contributed by atoms with Gasteiger partial charge in [0.05, 0.1) is 5.02 Å². The fourth-order valence-electron chi connectivity index (χ4n) is 2.75. The Kier molecular flexibility index (Phi) is 6.69. The van der Waals surface area contributed by atoms with Crippen molar-refractivity contribution in [2.24, 2.45) is 0 Å². The molecule has 0 heterocycles. The van der Waals surface area contributed by atoms with Crippen molar-refractivity contribution in [1.82, 2.24) is 10.6 Å². The molecular weight excluding hydrogens is 337 g/mol. The summed E-state index contributed by atoms with van der Waals surface area (Å²) < 4.78 is 0. The number of hydrogen-bond acceptors (Lipinski definition) is 2. The largest absolute Gasteiger partial charge is 0.335 e. The highest BCUT2D eigenvalue weighted by atomic mass is 35.5. The number of carbonyl (C=O) groups excluding carboxylic acids is 2. The minimum Gasteiger partial charge on any atom is -0.335 e. The van der Waals surface area contributed by atoms with E-state index in [-0.39, 0.29) is 24.5 Å². The molecule has 1 aromatic rings. The van der Waals surface area contributed by atoms with Gasteiger partial charge < -0.3 is 10.6 Å². The number of hydrogen-bond donors (Lipinski definition) is 3. The summed E-state index contributed by atoms with van der Waals surface area (Å²) in [4.78, 5) is 23.6. The van der Waals surface area contributed by atoms with E-state index in [1.807, 2.05) is 18.3 Å². The minimum absolute atomic E-state index is 0.0107. The van der Waals surface area contributed by atoms with Crippen LogP contribution in [0.2, 0.25) is 10.0 Å². The third kappa shape index (κ3) is 5.68. The summed E-state index contributed by atoms with van der Waals surface area (Å²) in [6.07, 6.45) is 4.23. The van der Waals surface area contributed by atoms with Gasteiger partial charge in [-0.2, -0.15) is 0 Å². The lowest BCUT2D eigenvalue weighted by Gasteiger charge is -2.14. The smallest absolute Gasteiger partial charge is 0.321 e. The van der Waals surface area contributed by atoms with Gasteiger partial charge in [0.25, 0.3) is 5.91 Å². The van der Waals surface area contributed by atoms with E-state index < -0.39 is 6.03 Å². The van der Waals surface area contributed by atoms with Crippen molar-refractivity contribution in [3.8, 4) is 0 Å². The van der Waals surface area contributed by atoms with Gasteiger partial charge >= 0.3 is 6.03 Å². The predicted molar refractivity (Wildman–Crippen MR) is 90.6 cm³/mol. The highest BCUT2D eigenvalue weighted by Crippen LogP contribution is 2.24. The Labute approximate surface area is 146 Å². The number of halogens is 2. The van der Waals surface area contributed by atoms with Crippen LogP contribution in [0.3, 0.4) is 0 Å². The molecule has 1 saturated carbocycles. The van der Waals surface area contributed by atoms with Crippen LogP contribution in [0.4, 0.5) is 4.79 Å². The van der Waals surface area contributed by atoms with Gasteiger partial charge in [-0.05, 0) is 31.9 Å². The third-order valence-corrected chi connectivity index (χ3v) is 4.62. The lowest BCUT2D eigenvalue weighted by atomic mass is 10.1. The lowest BCUT2D eigenvalue weighted by molar-refractivity contribution is -0.682. The molecule has 4 N–H and O–H groups in total. The molecule has 1 aliphatic rings. The standard InChI is InChI=1S/C16H21Cl2N3O2/c1-10(13-7-6-11(17)8-14(13)18)19-9-15(22)21-16(23)20-12-4-2-3-5-12/h6-8,10,12,19H,2-5,9H2,1H3,(H2,20,21,22,23)/p+1/t10-/m0/s1. The molecule has 23 heavy (non-hydrogen) atoms. The average molecular weight is 359 g/mol. The van der Waals surface area contributed by atoms with Crippen LogP contribution in [0.5, 0.6) is 0 Å². The highest BCUT2D eigenvalue weighted by molar-refractivity contribution is 6.35. The van der Waals surface area contributed by atoms with E-state index in [0.717, 1.165) is 31.2 Å². The number of quaternary nitrogens is 1. The Hall–Kier alpha value is -1.30. The molecule has 7 heteroatoms. The van der Waals surface area contributed by atoms with E-state index in [1.54, 1.807) is 12.1 Å². The molecule has 0 aromatic heterocycles. The second-order valence-corrected chi connectivity index (χ2v) is 6.74. The molecule has 2 rings (SSSR count). The molecule has 0 saturated heterocycles. The van der Waals surface area contributed by atoms with Gasteiger partial charge in [0.1, 0.15) is 6.04 Å². The summed E-state index contributed by atoms with van der Waals surface area (Å²) >= 11 is 12.0. The maximum absolute atomic E-state index is 11.8. The fraction of sp³-hybridized carbons (Fsp3) is 0.500. The van der Waals surface area contributed by atoms with Crippen LogP contribution in [0.15, 0.2) is 18.2 Å². The van der Waals surface area contributed by atoms with Gasteiger partial charge in [-0.3, -0.25) is 10.1 Å². The zero-order valence-corrected chi connectivity index (χ0v) is 14.6. The van der Waals surface area contributed by atoms with Gasteiger partial charge in [-0.15, -0.1) is 0 Å². The molecule has 0 aliphatic heterocycles.